The lowest BCUT2D eigenvalue weighted by Gasteiger charge is -2.34. The first kappa shape index (κ1) is 23.6. The topological polar surface area (TPSA) is 59.0 Å². The van der Waals surface area contributed by atoms with E-state index in [1.165, 1.54) is 10.7 Å². The average Bonchev–Trinajstić information content (AvgIpc) is 3.11. The molecule has 0 aromatic carbocycles. The van der Waals surface area contributed by atoms with Crippen molar-refractivity contribution in [3.05, 3.63) is 16.1 Å². The van der Waals surface area contributed by atoms with Crippen molar-refractivity contribution in [2.45, 2.75) is 45.1 Å². The number of aryl methyl sites for hydroxylation is 1. The molecule has 1 aromatic rings. The van der Waals surface area contributed by atoms with Crippen molar-refractivity contribution in [3.8, 4) is 0 Å². The smallest absolute Gasteiger partial charge is 0.193 e. The molecule has 0 spiro atoms. The predicted octanol–water partition coefficient (Wildman–Crippen LogP) is 2.96. The number of piperidine rings is 1. The van der Waals surface area contributed by atoms with Gasteiger partial charge in [-0.15, -0.1) is 35.3 Å². The molecule has 1 aliphatic rings. The fourth-order valence-corrected chi connectivity index (χ4v) is 3.73. The Morgan fingerprint density at radius 1 is 1.38 bits per heavy atom. The van der Waals surface area contributed by atoms with Crippen LogP contribution in [0.4, 0.5) is 0 Å². The van der Waals surface area contributed by atoms with Gasteiger partial charge in [0.15, 0.2) is 5.96 Å². The van der Waals surface area contributed by atoms with Gasteiger partial charge in [-0.2, -0.15) is 0 Å². The number of hydrogen-bond acceptors (Lipinski definition) is 5. The summed E-state index contributed by atoms with van der Waals surface area (Å²) in [6.07, 6.45) is 5.40. The van der Waals surface area contributed by atoms with E-state index in [2.05, 4.69) is 32.5 Å². The first-order chi connectivity index (χ1) is 12.3. The van der Waals surface area contributed by atoms with Crippen molar-refractivity contribution < 1.29 is 9.47 Å². The Balaban J connectivity index is 0.00000338. The van der Waals surface area contributed by atoms with Crippen molar-refractivity contribution in [2.75, 3.05) is 47.0 Å². The van der Waals surface area contributed by atoms with Gasteiger partial charge in [0.25, 0.3) is 0 Å². The maximum Gasteiger partial charge on any atom is 0.193 e. The molecule has 150 valence electrons. The molecule has 0 bridgehead atoms. The molecule has 26 heavy (non-hydrogen) atoms. The highest BCUT2D eigenvalue weighted by atomic mass is 127. The monoisotopic (exact) mass is 496 g/mol. The number of halogens is 1. The summed E-state index contributed by atoms with van der Waals surface area (Å²) < 4.78 is 11.0. The Morgan fingerprint density at radius 2 is 2.15 bits per heavy atom. The van der Waals surface area contributed by atoms with E-state index < -0.39 is 0 Å². The molecule has 8 heteroatoms. The number of nitrogens with one attached hydrogen (secondary N) is 1. The number of aromatic nitrogens is 1. The highest BCUT2D eigenvalue weighted by Gasteiger charge is 2.21. The van der Waals surface area contributed by atoms with Gasteiger partial charge >= 0.3 is 0 Å². The van der Waals surface area contributed by atoms with E-state index in [4.69, 9.17) is 9.47 Å². The van der Waals surface area contributed by atoms with Crippen LogP contribution in [0.5, 0.6) is 0 Å². The number of thiazole rings is 1. The molecule has 0 aliphatic carbocycles. The van der Waals surface area contributed by atoms with Gasteiger partial charge in [0, 0.05) is 58.8 Å². The van der Waals surface area contributed by atoms with Crippen molar-refractivity contribution >= 4 is 41.3 Å². The first-order valence-corrected chi connectivity index (χ1v) is 10.1. The van der Waals surface area contributed by atoms with Crippen LogP contribution in [-0.4, -0.2) is 69.0 Å². The molecule has 1 saturated heterocycles. The minimum Gasteiger partial charge on any atom is -0.385 e. The molecule has 1 aliphatic heterocycles. The zero-order valence-electron chi connectivity index (χ0n) is 16.2. The SMILES string of the molecule is CCc1nc(CCNC(=NC)N2CCC(OCCCOC)CC2)cs1.I. The lowest BCUT2D eigenvalue weighted by Crippen LogP contribution is -2.47. The number of rotatable bonds is 9. The number of guanidine groups is 1. The molecule has 0 radical (unpaired) electrons. The Morgan fingerprint density at radius 3 is 2.77 bits per heavy atom. The molecule has 6 nitrogen and oxygen atoms in total. The number of methoxy groups -OCH3 is 1. The van der Waals surface area contributed by atoms with Crippen LogP contribution in [0.25, 0.3) is 0 Å². The van der Waals surface area contributed by atoms with Crippen molar-refractivity contribution in [2.24, 2.45) is 4.99 Å². The fraction of sp³-hybridized carbons (Fsp3) is 0.778. The summed E-state index contributed by atoms with van der Waals surface area (Å²) in [7, 11) is 3.59. The zero-order valence-corrected chi connectivity index (χ0v) is 19.3. The molecule has 2 rings (SSSR count). The van der Waals surface area contributed by atoms with Gasteiger partial charge in [-0.05, 0) is 25.7 Å². The zero-order chi connectivity index (χ0) is 17.9. The second-order valence-corrected chi connectivity index (χ2v) is 7.16. The van der Waals surface area contributed by atoms with Crippen LogP contribution in [0.15, 0.2) is 10.4 Å². The van der Waals surface area contributed by atoms with Crippen molar-refractivity contribution in [1.29, 1.82) is 0 Å². The molecule has 0 atom stereocenters. The summed E-state index contributed by atoms with van der Waals surface area (Å²) in [4.78, 5) is 11.4. The van der Waals surface area contributed by atoms with E-state index in [1.54, 1.807) is 18.4 Å². The Bertz CT molecular complexity index is 519. The molecule has 1 aromatic heterocycles. The van der Waals surface area contributed by atoms with E-state index in [0.717, 1.165) is 70.9 Å². The molecule has 0 saturated carbocycles. The molecule has 0 amide bonds. The molecule has 1 N–H and O–H groups in total. The Hall–Kier alpha value is -0.450. The van der Waals surface area contributed by atoms with Crippen LogP contribution >= 0.6 is 35.3 Å². The number of likely N-dealkylation sites (tertiary alicyclic amines) is 1. The summed E-state index contributed by atoms with van der Waals surface area (Å²) >= 11 is 1.75. The number of aliphatic imine (C=N–C) groups is 1. The van der Waals surface area contributed by atoms with Gasteiger partial charge in [0.2, 0.25) is 0 Å². The van der Waals surface area contributed by atoms with Gasteiger partial charge in [-0.3, -0.25) is 4.99 Å². The van der Waals surface area contributed by atoms with Crippen LogP contribution in [0.2, 0.25) is 0 Å². The highest BCUT2D eigenvalue weighted by Crippen LogP contribution is 2.14. The minimum absolute atomic E-state index is 0. The van der Waals surface area contributed by atoms with Crippen LogP contribution < -0.4 is 5.32 Å². The third kappa shape index (κ3) is 8.06. The van der Waals surface area contributed by atoms with E-state index >= 15 is 0 Å². The quantitative estimate of drug-likeness (QED) is 0.247. The lowest BCUT2D eigenvalue weighted by atomic mass is 10.1. The third-order valence-electron chi connectivity index (χ3n) is 4.37. The van der Waals surface area contributed by atoms with Crippen molar-refractivity contribution in [1.82, 2.24) is 15.2 Å². The molecular formula is C18H33IN4O2S. The minimum atomic E-state index is 0. The average molecular weight is 496 g/mol. The molecule has 1 fully saturated rings. The number of nitrogens with zero attached hydrogens (tertiary/aromatic N) is 3. The van der Waals surface area contributed by atoms with E-state index in [9.17, 15) is 0 Å². The molecule has 2 heterocycles. The van der Waals surface area contributed by atoms with Gasteiger partial charge in [0.1, 0.15) is 0 Å². The van der Waals surface area contributed by atoms with Crippen molar-refractivity contribution in [3.63, 3.8) is 0 Å². The van der Waals surface area contributed by atoms with Gasteiger partial charge in [-0.1, -0.05) is 6.92 Å². The van der Waals surface area contributed by atoms with Crippen LogP contribution in [0.3, 0.4) is 0 Å². The Kier molecular flexibility index (Phi) is 12.4. The summed E-state index contributed by atoms with van der Waals surface area (Å²) in [5.41, 5.74) is 1.17. The normalized spacial score (nSPS) is 15.8. The maximum atomic E-state index is 5.92. The fourth-order valence-electron chi connectivity index (χ4n) is 2.95. The number of hydrogen-bond donors (Lipinski definition) is 1. The Labute approximate surface area is 178 Å². The second kappa shape index (κ2) is 13.7. The van der Waals surface area contributed by atoms with E-state index in [1.807, 2.05) is 7.05 Å². The van der Waals surface area contributed by atoms with Gasteiger partial charge in [0.05, 0.1) is 16.8 Å². The summed E-state index contributed by atoms with van der Waals surface area (Å²) in [5, 5.41) is 6.85. The second-order valence-electron chi connectivity index (χ2n) is 6.21. The third-order valence-corrected chi connectivity index (χ3v) is 5.41. The summed E-state index contributed by atoms with van der Waals surface area (Å²) in [5.74, 6) is 0.990. The van der Waals surface area contributed by atoms with Crippen LogP contribution in [0.1, 0.15) is 36.9 Å². The lowest BCUT2D eigenvalue weighted by molar-refractivity contribution is 0.00992. The maximum absolute atomic E-state index is 5.92. The van der Waals surface area contributed by atoms with Crippen LogP contribution in [-0.2, 0) is 22.3 Å². The van der Waals surface area contributed by atoms with E-state index in [0.29, 0.717) is 6.10 Å². The highest BCUT2D eigenvalue weighted by molar-refractivity contribution is 14.0. The predicted molar refractivity (Wildman–Crippen MR) is 119 cm³/mol. The van der Waals surface area contributed by atoms with E-state index in [-0.39, 0.29) is 24.0 Å². The van der Waals surface area contributed by atoms with Crippen LogP contribution in [0, 0.1) is 0 Å². The standard InChI is InChI=1S/C18H32N4O2S.HI/c1-4-17-21-15(14-25-17)6-9-20-18(19-2)22-10-7-16(8-11-22)24-13-5-12-23-3;/h14,16H,4-13H2,1-3H3,(H,19,20);1H. The number of ether oxygens (including phenoxy) is 2. The first-order valence-electron chi connectivity index (χ1n) is 9.26. The van der Waals surface area contributed by atoms with Gasteiger partial charge < -0.3 is 19.7 Å². The largest absolute Gasteiger partial charge is 0.385 e. The molecular weight excluding hydrogens is 463 g/mol. The van der Waals surface area contributed by atoms with Gasteiger partial charge in [-0.25, -0.2) is 4.98 Å². The molecule has 0 unspecified atom stereocenters. The summed E-state index contributed by atoms with van der Waals surface area (Å²) in [6, 6.07) is 0. The summed E-state index contributed by atoms with van der Waals surface area (Å²) in [6.45, 7) is 6.56.